The number of phenols is 1. The van der Waals surface area contributed by atoms with Crippen molar-refractivity contribution in [3.8, 4) is 5.75 Å². The first-order valence-electron chi connectivity index (χ1n) is 12.1. The number of amides is 1. The number of nitrogens with one attached hydrogen (secondary N) is 1. The van der Waals surface area contributed by atoms with Gasteiger partial charge < -0.3 is 21.1 Å². The number of nitrogens with zero attached hydrogens (tertiary/aromatic N) is 1. The van der Waals surface area contributed by atoms with Crippen molar-refractivity contribution in [2.75, 3.05) is 25.1 Å². The molecular formula is C28H41Br2N3O2S. The number of benzene rings is 1. The second kappa shape index (κ2) is 12.9. The second-order valence-corrected chi connectivity index (χ2v) is 13.1. The average Bonchev–Trinajstić information content (AvgIpc) is 2.99. The van der Waals surface area contributed by atoms with Crippen LogP contribution in [0.3, 0.4) is 0 Å². The number of rotatable bonds is 2. The minimum atomic E-state index is 0. The van der Waals surface area contributed by atoms with Crippen LogP contribution < -0.4 is 11.1 Å². The van der Waals surface area contributed by atoms with Crippen molar-refractivity contribution in [2.24, 2.45) is 0 Å². The van der Waals surface area contributed by atoms with E-state index in [0.29, 0.717) is 14.9 Å². The van der Waals surface area contributed by atoms with Crippen LogP contribution in [0, 0.1) is 0 Å². The molecule has 1 fully saturated rings. The summed E-state index contributed by atoms with van der Waals surface area (Å²) in [4.78, 5) is 13.7. The van der Waals surface area contributed by atoms with Crippen LogP contribution in [-0.2, 0) is 11.2 Å². The van der Waals surface area contributed by atoms with Crippen molar-refractivity contribution in [1.82, 2.24) is 10.2 Å². The van der Waals surface area contributed by atoms with Gasteiger partial charge in [-0.2, -0.15) is 11.8 Å². The normalized spacial score (nSPS) is 19.3. The molecule has 200 valence electrons. The van der Waals surface area contributed by atoms with E-state index >= 15 is 0 Å². The highest BCUT2D eigenvalue weighted by atomic mass is 79.9. The molecule has 0 aromatic heterocycles. The molecule has 8 heteroatoms. The highest BCUT2D eigenvalue weighted by molar-refractivity contribution is 9.12. The number of carbonyl (C=O) groups is 1. The highest BCUT2D eigenvalue weighted by Crippen LogP contribution is 2.46. The number of piperidine rings is 1. The molecule has 3 aliphatic rings. The van der Waals surface area contributed by atoms with Crippen LogP contribution in [0.2, 0.25) is 0 Å². The molecule has 1 aromatic carbocycles. The number of hydrogen-bond donors (Lipinski definition) is 3. The molecule has 2 heterocycles. The summed E-state index contributed by atoms with van der Waals surface area (Å²) in [6.45, 7) is 9.85. The van der Waals surface area contributed by atoms with Crippen molar-refractivity contribution in [1.29, 1.82) is 0 Å². The molecular weight excluding hydrogens is 602 g/mol. The third-order valence-electron chi connectivity index (χ3n) is 7.29. The zero-order valence-electron chi connectivity index (χ0n) is 21.3. The fraction of sp³-hybridized carbons (Fsp3) is 0.536. The molecule has 1 atom stereocenters. The van der Waals surface area contributed by atoms with Crippen LogP contribution >= 0.6 is 43.6 Å². The van der Waals surface area contributed by atoms with E-state index < -0.39 is 0 Å². The smallest absolute Gasteiger partial charge is 0.219 e. The van der Waals surface area contributed by atoms with Gasteiger partial charge in [0.15, 0.2) is 5.75 Å². The van der Waals surface area contributed by atoms with E-state index in [1.165, 1.54) is 23.1 Å². The van der Waals surface area contributed by atoms with Gasteiger partial charge in [-0.15, -0.1) is 0 Å². The third kappa shape index (κ3) is 6.93. The van der Waals surface area contributed by atoms with Crippen molar-refractivity contribution in [3.05, 3.63) is 49.6 Å². The Morgan fingerprint density at radius 1 is 1.25 bits per heavy atom. The number of allylic oxidation sites excluding steroid dienone is 2. The number of halogens is 2. The topological polar surface area (TPSA) is 78.6 Å². The van der Waals surface area contributed by atoms with Crippen LogP contribution in [0.5, 0.6) is 5.75 Å². The predicted octanol–water partition coefficient (Wildman–Crippen LogP) is 7.39. The van der Waals surface area contributed by atoms with Crippen molar-refractivity contribution < 1.29 is 9.90 Å². The standard InChI is InChI=1S/C21H23Br2N3O2.C6H14S.CH4/c1-11(27)26-6-4-12(5-7-26)18-16-9-17(24)21(28)19(23)15(16)3-2-13-8-14(22)10-25-20(13)18;1-5-6(2,3)7-4;/h8-10,20,25,28H,2-7,24H2,1H3;5H2,1-4H3;1H4. The van der Waals surface area contributed by atoms with E-state index in [-0.39, 0.29) is 25.1 Å². The van der Waals surface area contributed by atoms with Gasteiger partial charge >= 0.3 is 0 Å². The summed E-state index contributed by atoms with van der Waals surface area (Å²) < 4.78 is 2.22. The van der Waals surface area contributed by atoms with Crippen LogP contribution in [0.4, 0.5) is 5.69 Å². The van der Waals surface area contributed by atoms with E-state index in [2.05, 4.69) is 70.3 Å². The second-order valence-electron chi connectivity index (χ2n) is 9.84. The van der Waals surface area contributed by atoms with Gasteiger partial charge in [-0.25, -0.2) is 0 Å². The van der Waals surface area contributed by atoms with Gasteiger partial charge in [0, 0.05) is 35.4 Å². The molecule has 0 saturated carbocycles. The SMILES string of the molecule is C.CC(=O)N1CCC(=C2c3cc(N)c(O)c(Br)c3CCC3=CC(Br)=CNC32)CC1.CCC(C)(C)SC. The number of hydrogen-bond acceptors (Lipinski definition) is 5. The molecule has 0 bridgehead atoms. The lowest BCUT2D eigenvalue weighted by molar-refractivity contribution is -0.129. The van der Waals surface area contributed by atoms with Crippen LogP contribution in [-0.4, -0.2) is 46.0 Å². The van der Waals surface area contributed by atoms with Gasteiger partial charge in [0.1, 0.15) is 0 Å². The molecule has 4 N–H and O–H groups in total. The molecule has 1 aromatic rings. The zero-order valence-corrected chi connectivity index (χ0v) is 25.3. The maximum Gasteiger partial charge on any atom is 0.219 e. The summed E-state index contributed by atoms with van der Waals surface area (Å²) in [5.41, 5.74) is 12.6. The molecule has 1 unspecified atom stereocenters. The van der Waals surface area contributed by atoms with Crippen molar-refractivity contribution >= 4 is 60.8 Å². The molecule has 0 spiro atoms. The summed E-state index contributed by atoms with van der Waals surface area (Å²) >= 11 is 9.08. The number of fused-ring (bicyclic) bond motifs is 2. The number of thioether (sulfide) groups is 1. The summed E-state index contributed by atoms with van der Waals surface area (Å²) in [7, 11) is 0. The molecule has 36 heavy (non-hydrogen) atoms. The number of phenolic OH excluding ortho intramolecular Hbond substituents is 1. The third-order valence-corrected chi connectivity index (χ3v) is 10.00. The maximum absolute atomic E-state index is 11.8. The van der Waals surface area contributed by atoms with E-state index in [0.717, 1.165) is 54.4 Å². The predicted molar refractivity (Wildman–Crippen MR) is 164 cm³/mol. The number of aromatic hydroxyl groups is 1. The van der Waals surface area contributed by atoms with Gasteiger partial charge in [0.25, 0.3) is 0 Å². The first kappa shape index (κ1) is 30.8. The fourth-order valence-corrected chi connectivity index (χ4v) is 5.92. The molecule has 1 aliphatic carbocycles. The number of likely N-dealkylation sites (tertiary alicyclic amines) is 1. The first-order valence-corrected chi connectivity index (χ1v) is 14.9. The lowest BCUT2D eigenvalue weighted by Crippen LogP contribution is -2.36. The van der Waals surface area contributed by atoms with Crippen LogP contribution in [0.25, 0.3) is 5.57 Å². The Morgan fingerprint density at radius 3 is 2.42 bits per heavy atom. The lowest BCUT2D eigenvalue weighted by atomic mass is 9.84. The van der Waals surface area contributed by atoms with Crippen LogP contribution in [0.1, 0.15) is 71.9 Å². The molecule has 5 nitrogen and oxygen atoms in total. The molecule has 2 aliphatic heterocycles. The Morgan fingerprint density at radius 2 is 1.89 bits per heavy atom. The Hall–Kier alpha value is -1.38. The zero-order chi connectivity index (χ0) is 25.9. The summed E-state index contributed by atoms with van der Waals surface area (Å²) in [6, 6.07) is 1.99. The highest BCUT2D eigenvalue weighted by Gasteiger charge is 2.32. The number of anilines is 1. The number of nitrogens with two attached hydrogens (primary N) is 1. The largest absolute Gasteiger partial charge is 0.505 e. The van der Waals surface area contributed by atoms with E-state index in [9.17, 15) is 9.90 Å². The summed E-state index contributed by atoms with van der Waals surface area (Å²) in [5, 5.41) is 13.9. The van der Waals surface area contributed by atoms with Crippen molar-refractivity contribution in [2.45, 2.75) is 78.0 Å². The fourth-order valence-electron chi connectivity index (χ4n) is 4.57. The Balaban J connectivity index is 0.000000503. The van der Waals surface area contributed by atoms with Gasteiger partial charge in [-0.3, -0.25) is 4.79 Å². The molecule has 1 amide bonds. The summed E-state index contributed by atoms with van der Waals surface area (Å²) in [5.74, 6) is 0.242. The van der Waals surface area contributed by atoms with Crippen LogP contribution in [0.15, 0.2) is 38.4 Å². The monoisotopic (exact) mass is 641 g/mol. The Bertz CT molecular complexity index is 1060. The molecule has 1 saturated heterocycles. The van der Waals surface area contributed by atoms with Gasteiger partial charge in [-0.05, 0) is 105 Å². The number of carbonyl (C=O) groups excluding carboxylic acids is 1. The average molecular weight is 644 g/mol. The van der Waals surface area contributed by atoms with Gasteiger partial charge in [-0.1, -0.05) is 33.8 Å². The lowest BCUT2D eigenvalue weighted by Gasteiger charge is -2.33. The number of dihydropyridines is 1. The van der Waals surface area contributed by atoms with E-state index in [1.807, 2.05) is 28.9 Å². The van der Waals surface area contributed by atoms with E-state index in [4.69, 9.17) is 5.73 Å². The molecule has 0 radical (unpaired) electrons. The van der Waals surface area contributed by atoms with Gasteiger partial charge in [0.05, 0.1) is 16.2 Å². The maximum atomic E-state index is 11.8. The minimum Gasteiger partial charge on any atom is -0.505 e. The quantitative estimate of drug-likeness (QED) is 0.232. The minimum absolute atomic E-state index is 0. The van der Waals surface area contributed by atoms with Crippen molar-refractivity contribution in [3.63, 3.8) is 0 Å². The molecule has 4 rings (SSSR count). The van der Waals surface area contributed by atoms with E-state index in [1.54, 1.807) is 6.92 Å². The summed E-state index contributed by atoms with van der Waals surface area (Å²) in [6.07, 6.45) is 11.0. The Kier molecular flexibility index (Phi) is 11.1. The Labute approximate surface area is 238 Å². The van der Waals surface area contributed by atoms with Gasteiger partial charge in [0.2, 0.25) is 5.91 Å². The number of nitrogen functional groups attached to an aromatic ring is 1. The first-order chi connectivity index (χ1) is 16.5.